The van der Waals surface area contributed by atoms with Crippen molar-refractivity contribution in [2.24, 2.45) is 0 Å². The van der Waals surface area contributed by atoms with Crippen molar-refractivity contribution in [1.82, 2.24) is 15.1 Å². The summed E-state index contributed by atoms with van der Waals surface area (Å²) in [5, 5.41) is 7.68. The quantitative estimate of drug-likeness (QED) is 0.717. The molecule has 0 radical (unpaired) electrons. The van der Waals surface area contributed by atoms with Gasteiger partial charge in [-0.1, -0.05) is 60.7 Å². The summed E-state index contributed by atoms with van der Waals surface area (Å²) in [4.78, 5) is 2.62. The molecule has 0 aliphatic carbocycles. The van der Waals surface area contributed by atoms with E-state index >= 15 is 0 Å². The zero-order valence-electron chi connectivity index (χ0n) is 15.3. The van der Waals surface area contributed by atoms with Crippen molar-refractivity contribution in [3.8, 4) is 0 Å². The summed E-state index contributed by atoms with van der Waals surface area (Å²) >= 11 is 0. The van der Waals surface area contributed by atoms with Gasteiger partial charge in [0.15, 0.2) is 0 Å². The molecule has 4 rings (SSSR count). The molecule has 0 saturated carbocycles. The largest absolute Gasteiger partial charge is 0.302 e. The van der Waals surface area contributed by atoms with Crippen molar-refractivity contribution >= 4 is 0 Å². The lowest BCUT2D eigenvalue weighted by atomic mass is 9.90. The number of H-pyrrole nitrogens is 1. The van der Waals surface area contributed by atoms with Gasteiger partial charge in [0.1, 0.15) is 0 Å². The van der Waals surface area contributed by atoms with Gasteiger partial charge in [-0.2, -0.15) is 5.10 Å². The first-order valence-corrected chi connectivity index (χ1v) is 9.71. The summed E-state index contributed by atoms with van der Waals surface area (Å²) in [5.74, 6) is 0.570. The number of benzene rings is 2. The van der Waals surface area contributed by atoms with E-state index in [1.54, 1.807) is 0 Å². The first-order chi connectivity index (χ1) is 12.9. The number of piperidine rings is 1. The van der Waals surface area contributed by atoms with Gasteiger partial charge in [-0.3, -0.25) is 5.10 Å². The molecule has 2 heterocycles. The van der Waals surface area contributed by atoms with E-state index in [4.69, 9.17) is 0 Å². The van der Waals surface area contributed by atoms with E-state index in [9.17, 15) is 0 Å². The minimum Gasteiger partial charge on any atom is -0.302 e. The number of rotatable bonds is 6. The van der Waals surface area contributed by atoms with Crippen LogP contribution in [0, 0.1) is 0 Å². The third kappa shape index (κ3) is 4.23. The minimum atomic E-state index is 0.570. The summed E-state index contributed by atoms with van der Waals surface area (Å²) in [6.07, 6.45) is 6.64. The van der Waals surface area contributed by atoms with Crippen LogP contribution in [-0.4, -0.2) is 34.7 Å². The van der Waals surface area contributed by atoms with Gasteiger partial charge in [-0.05, 0) is 42.5 Å². The second-order valence-corrected chi connectivity index (χ2v) is 7.35. The van der Waals surface area contributed by atoms with Gasteiger partial charge in [-0.25, -0.2) is 0 Å². The molecular formula is C23H27N3. The molecule has 3 aromatic rings. The molecule has 1 saturated heterocycles. The maximum atomic E-state index is 4.37. The fraction of sp³-hybridized carbons (Fsp3) is 0.348. The lowest BCUT2D eigenvalue weighted by Crippen LogP contribution is -2.36. The Kier molecular flexibility index (Phi) is 5.46. The maximum Gasteiger partial charge on any atom is 0.0525 e. The Morgan fingerprint density at radius 2 is 1.69 bits per heavy atom. The highest BCUT2D eigenvalue weighted by molar-refractivity contribution is 5.29. The average Bonchev–Trinajstić information content (AvgIpc) is 3.16. The molecule has 0 bridgehead atoms. The number of likely N-dealkylation sites (tertiary alicyclic amines) is 1. The Morgan fingerprint density at radius 3 is 2.46 bits per heavy atom. The van der Waals surface area contributed by atoms with Gasteiger partial charge in [0.05, 0.1) is 6.20 Å². The van der Waals surface area contributed by atoms with Gasteiger partial charge >= 0.3 is 0 Å². The van der Waals surface area contributed by atoms with E-state index in [0.29, 0.717) is 5.92 Å². The van der Waals surface area contributed by atoms with Crippen LogP contribution < -0.4 is 0 Å². The number of nitrogens with one attached hydrogen (secondary N) is 1. The predicted molar refractivity (Wildman–Crippen MR) is 106 cm³/mol. The van der Waals surface area contributed by atoms with Crippen molar-refractivity contribution in [2.45, 2.75) is 31.6 Å². The van der Waals surface area contributed by atoms with E-state index in [-0.39, 0.29) is 0 Å². The molecule has 1 N–H and O–H groups in total. The van der Waals surface area contributed by atoms with Crippen LogP contribution in [0.25, 0.3) is 0 Å². The number of hydrogen-bond acceptors (Lipinski definition) is 2. The fourth-order valence-electron chi connectivity index (χ4n) is 4.06. The van der Waals surface area contributed by atoms with Crippen LogP contribution >= 0.6 is 0 Å². The van der Waals surface area contributed by atoms with Gasteiger partial charge in [0, 0.05) is 31.1 Å². The van der Waals surface area contributed by atoms with Crippen molar-refractivity contribution < 1.29 is 0 Å². The van der Waals surface area contributed by atoms with Crippen molar-refractivity contribution in [2.75, 3.05) is 19.6 Å². The Balaban J connectivity index is 1.39. The Labute approximate surface area is 156 Å². The monoisotopic (exact) mass is 345 g/mol. The van der Waals surface area contributed by atoms with Gasteiger partial charge in [-0.15, -0.1) is 0 Å². The van der Waals surface area contributed by atoms with E-state index in [2.05, 4.69) is 75.8 Å². The van der Waals surface area contributed by atoms with Crippen LogP contribution in [0.15, 0.2) is 66.9 Å². The van der Waals surface area contributed by atoms with E-state index < -0.39 is 0 Å². The number of aromatic nitrogens is 2. The second-order valence-electron chi connectivity index (χ2n) is 7.35. The Bertz CT molecular complexity index is 795. The molecule has 26 heavy (non-hydrogen) atoms. The van der Waals surface area contributed by atoms with Gasteiger partial charge in [0.25, 0.3) is 0 Å². The van der Waals surface area contributed by atoms with E-state index in [1.165, 1.54) is 41.8 Å². The summed E-state index contributed by atoms with van der Waals surface area (Å²) in [6, 6.07) is 21.5. The molecule has 0 spiro atoms. The average molecular weight is 345 g/mol. The third-order valence-corrected chi connectivity index (χ3v) is 5.46. The summed E-state index contributed by atoms with van der Waals surface area (Å²) in [7, 11) is 0. The summed E-state index contributed by atoms with van der Waals surface area (Å²) < 4.78 is 0. The summed E-state index contributed by atoms with van der Waals surface area (Å²) in [5.41, 5.74) is 5.48. The van der Waals surface area contributed by atoms with E-state index in [1.807, 2.05) is 6.20 Å². The summed E-state index contributed by atoms with van der Waals surface area (Å²) in [6.45, 7) is 3.49. The third-order valence-electron chi connectivity index (χ3n) is 5.46. The Hall–Kier alpha value is -2.39. The highest BCUT2D eigenvalue weighted by Crippen LogP contribution is 2.29. The zero-order valence-corrected chi connectivity index (χ0v) is 15.3. The second kappa shape index (κ2) is 8.33. The molecule has 1 aliphatic rings. The fourth-order valence-corrected chi connectivity index (χ4v) is 4.06. The molecule has 1 fully saturated rings. The molecule has 2 aromatic carbocycles. The first-order valence-electron chi connectivity index (χ1n) is 9.71. The molecule has 3 heteroatoms. The van der Waals surface area contributed by atoms with E-state index in [0.717, 1.165) is 25.9 Å². The maximum absolute atomic E-state index is 4.37. The van der Waals surface area contributed by atoms with Crippen LogP contribution in [0.5, 0.6) is 0 Å². The molecule has 1 unspecified atom stereocenters. The number of hydrogen-bond donors (Lipinski definition) is 1. The van der Waals surface area contributed by atoms with Crippen LogP contribution in [0.4, 0.5) is 0 Å². The van der Waals surface area contributed by atoms with Gasteiger partial charge < -0.3 is 4.90 Å². The molecule has 134 valence electrons. The van der Waals surface area contributed by atoms with Crippen LogP contribution in [0.1, 0.15) is 41.1 Å². The normalized spacial score (nSPS) is 18.1. The number of nitrogens with zero attached hydrogens (tertiary/aromatic N) is 2. The smallest absolute Gasteiger partial charge is 0.0525 e. The molecule has 1 aromatic heterocycles. The van der Waals surface area contributed by atoms with Crippen molar-refractivity contribution in [1.29, 1.82) is 0 Å². The van der Waals surface area contributed by atoms with Crippen LogP contribution in [-0.2, 0) is 12.8 Å². The topological polar surface area (TPSA) is 31.9 Å². The lowest BCUT2D eigenvalue weighted by Gasteiger charge is -2.32. The molecule has 1 aliphatic heterocycles. The minimum absolute atomic E-state index is 0.570. The highest BCUT2D eigenvalue weighted by atomic mass is 15.1. The standard InChI is InChI=1S/C23H27N3/c1-3-8-19(9-4-1)13-15-26-14-7-12-21(18-26)23-22(17-24-25-23)16-20-10-5-2-6-11-20/h1-6,8-11,17,21H,7,12-16,18H2,(H,24,25). The zero-order chi connectivity index (χ0) is 17.6. The van der Waals surface area contributed by atoms with Crippen LogP contribution in [0.3, 0.4) is 0 Å². The molecule has 3 nitrogen and oxygen atoms in total. The number of aromatic amines is 1. The Morgan fingerprint density at radius 1 is 0.962 bits per heavy atom. The molecule has 1 atom stereocenters. The predicted octanol–water partition coefficient (Wildman–Crippen LogP) is 4.42. The molecule has 0 amide bonds. The van der Waals surface area contributed by atoms with Crippen molar-refractivity contribution in [3.05, 3.63) is 89.2 Å². The first kappa shape index (κ1) is 17.0. The molecular weight excluding hydrogens is 318 g/mol. The SMILES string of the molecule is c1ccc(CCN2CCCC(c3[nH]ncc3Cc3ccccc3)C2)cc1. The van der Waals surface area contributed by atoms with Crippen LogP contribution in [0.2, 0.25) is 0 Å². The van der Waals surface area contributed by atoms with Crippen molar-refractivity contribution in [3.63, 3.8) is 0 Å². The lowest BCUT2D eigenvalue weighted by molar-refractivity contribution is 0.208. The van der Waals surface area contributed by atoms with Gasteiger partial charge in [0.2, 0.25) is 0 Å². The highest BCUT2D eigenvalue weighted by Gasteiger charge is 2.24.